The molecule has 0 amide bonds. The van der Waals surface area contributed by atoms with Gasteiger partial charge in [0.2, 0.25) is 19.6 Å². The first kappa shape index (κ1) is 84.4. The first-order valence-corrected chi connectivity index (χ1v) is 51.4. The number of phenolic OH excluding ortho intramolecular Hbond substituents is 1. The number of benzene rings is 15. The number of ether oxygens (including phenoxy) is 6. The van der Waals surface area contributed by atoms with Crippen molar-refractivity contribution in [3.8, 4) is 66.4 Å². The SMILES string of the molecule is CC(C)(C)Oc1ccc(-[s+]2c3ccccc3c3ccccc32)cc1.CC(C)(C)Oc1ccc([S+]2c3ccccc3Oc3ccccc32)cc1.CC1(Oc2ccc(-[s+]3c4ccccc4c4ccccc43)cc2)C2CC3CC(C2)CC1C3.CC1(Oc2ccc(-[s+]3c4ccccc4c4ccccc43)cc2)CCCCC1.Oc1ccc([S+]2c3ccccc3Oc3ccccc32)cc1. The monoisotopic (exact) mass is 1770 g/mol. The van der Waals surface area contributed by atoms with Crippen molar-refractivity contribution in [1.82, 2.24) is 0 Å². The molecule has 7 nitrogen and oxygen atoms in total. The van der Waals surface area contributed by atoms with E-state index < -0.39 is 0 Å². The van der Waals surface area contributed by atoms with Crippen LogP contribution in [0.4, 0.5) is 0 Å². The number of hydrogen-bond donors (Lipinski definition) is 1. The highest BCUT2D eigenvalue weighted by atomic mass is 32.2. The lowest BCUT2D eigenvalue weighted by atomic mass is 9.50. The third kappa shape index (κ3) is 17.4. The number of thiophene rings is 3. The number of aromatic hydroxyl groups is 1. The number of fused-ring (bicyclic) bond motifs is 13. The minimum absolute atomic E-state index is 0.00854. The average Bonchev–Trinajstić information content (AvgIpc) is 1.07. The fraction of sp³-hybridized carbons (Fsp3) is 0.224. The zero-order valence-corrected chi connectivity index (χ0v) is 78.0. The highest BCUT2D eigenvalue weighted by molar-refractivity contribution is 7.97. The molecule has 0 unspecified atom stereocenters. The van der Waals surface area contributed by atoms with Gasteiger partial charge in [0.15, 0.2) is 75.7 Å². The third-order valence-corrected chi connectivity index (χ3v) is 37.4. The maximum absolute atomic E-state index is 9.52. The van der Waals surface area contributed by atoms with E-state index in [4.69, 9.17) is 28.4 Å². The highest BCUT2D eigenvalue weighted by Gasteiger charge is 2.57. The minimum atomic E-state index is -0.202. The van der Waals surface area contributed by atoms with Crippen LogP contribution in [0, 0.1) is 23.7 Å². The molecule has 0 radical (unpaired) electrons. The van der Waals surface area contributed by atoms with Crippen molar-refractivity contribution >= 4 is 114 Å². The van der Waals surface area contributed by atoms with Gasteiger partial charge in [-0.25, -0.2) is 0 Å². The van der Waals surface area contributed by atoms with Crippen molar-refractivity contribution in [2.24, 2.45) is 23.7 Å². The van der Waals surface area contributed by atoms with E-state index in [0.29, 0.717) is 0 Å². The molecule has 5 heterocycles. The lowest BCUT2D eigenvalue weighted by Crippen LogP contribution is -2.59. The Hall–Kier alpha value is -11.7. The van der Waals surface area contributed by atoms with E-state index in [1.165, 1.54) is 169 Å². The van der Waals surface area contributed by atoms with Crippen LogP contribution in [0.15, 0.2) is 393 Å². The van der Waals surface area contributed by atoms with Gasteiger partial charge >= 0.3 is 0 Å². The molecule has 640 valence electrons. The molecule has 1 N–H and O–H groups in total. The minimum Gasteiger partial charge on any atom is -0.508 e. The average molecular weight is 1780 g/mol. The van der Waals surface area contributed by atoms with Crippen LogP contribution >= 0.6 is 31.4 Å². The van der Waals surface area contributed by atoms with Gasteiger partial charge in [-0.2, -0.15) is 0 Å². The molecule has 5 fully saturated rings. The van der Waals surface area contributed by atoms with Crippen molar-refractivity contribution in [1.29, 1.82) is 0 Å². The van der Waals surface area contributed by atoms with Gasteiger partial charge in [-0.15, -0.1) is 0 Å². The lowest BCUT2D eigenvalue weighted by Gasteiger charge is -2.59. The van der Waals surface area contributed by atoms with Crippen LogP contribution in [0.1, 0.15) is 120 Å². The second-order valence-corrected chi connectivity index (χ2v) is 46.8. The maximum atomic E-state index is 9.52. The third-order valence-electron chi connectivity index (χ3n) is 25.8. The summed E-state index contributed by atoms with van der Waals surface area (Å²) in [5.41, 5.74) is -0.323. The Labute approximate surface area is 766 Å². The van der Waals surface area contributed by atoms with Crippen LogP contribution in [-0.4, -0.2) is 27.5 Å². The Kier molecular flexibility index (Phi) is 23.6. The van der Waals surface area contributed by atoms with E-state index in [-0.39, 0.29) is 81.4 Å². The fourth-order valence-electron chi connectivity index (χ4n) is 20.2. The predicted octanol–water partition coefficient (Wildman–Crippen LogP) is 33.7. The Bertz CT molecular complexity index is 6730. The molecule has 18 aromatic rings. The summed E-state index contributed by atoms with van der Waals surface area (Å²) < 4.78 is 45.9. The van der Waals surface area contributed by atoms with Gasteiger partial charge in [-0.3, -0.25) is 0 Å². The second-order valence-electron chi connectivity index (χ2n) is 37.0. The zero-order chi connectivity index (χ0) is 87.3. The van der Waals surface area contributed by atoms with Gasteiger partial charge in [0.05, 0.1) is 0 Å². The standard InChI is InChI=1S/C29H29OS.C25H25OS.C22H21O2S.C22H21OS.C18H12O2S/c1-29(21-15-19-14-20(17-21)18-22(29)16-19)30-23-10-12-24(13-11-23)31-27-8-4-2-6-25(27)26-7-3-5-9-28(26)31;1-25(17-7-2-8-18-25)26-19-13-15-20(16-14-19)27-23-11-5-3-9-21(23)22-10-4-6-12-24(22)27;1-22(2,3)24-16-12-14-17(15-13-16)25-20-10-6-4-8-18(20)23-19-9-5-7-11-21(19)25;1-22(2,3)23-16-12-14-17(15-13-16)24-20-10-6-4-8-18(20)19-9-5-7-11-21(19)24;19-13-9-11-14(12-10-13)21-17-7-3-1-5-15(17)20-16-6-2-4-8-18(16)21/h2-13,19-22H,14-18H2,1H3;3-6,9-16H,2,7-8,17-18H2,1H3;4-15H,1-3H3;4-15H,1-3H3;1-12H/q4*+1;/p+1. The zero-order valence-electron chi connectivity index (χ0n) is 74.0. The lowest BCUT2D eigenvalue weighted by molar-refractivity contribution is -0.145. The van der Waals surface area contributed by atoms with Crippen molar-refractivity contribution in [2.45, 2.75) is 171 Å². The Morgan fingerprint density at radius 1 is 0.281 bits per heavy atom. The van der Waals surface area contributed by atoms with E-state index in [1.807, 2.05) is 72.8 Å². The van der Waals surface area contributed by atoms with E-state index in [0.717, 1.165) is 69.7 Å². The molecule has 7 aliphatic rings. The van der Waals surface area contributed by atoms with Crippen LogP contribution in [0.25, 0.3) is 75.2 Å². The molecular formula is C116H109O7S5+5. The fourth-order valence-corrected chi connectivity index (χ4v) is 31.7. The highest BCUT2D eigenvalue weighted by Crippen LogP contribution is 2.61. The summed E-state index contributed by atoms with van der Waals surface area (Å²) in [6, 6.07) is 128. The van der Waals surface area contributed by atoms with Gasteiger partial charge in [0, 0.05) is 100 Å². The molecule has 2 aliphatic heterocycles. The van der Waals surface area contributed by atoms with Crippen LogP contribution in [0.5, 0.6) is 51.7 Å². The summed E-state index contributed by atoms with van der Waals surface area (Å²) in [5.74, 6) is 11.3. The van der Waals surface area contributed by atoms with Crippen molar-refractivity contribution in [2.75, 3.05) is 0 Å². The van der Waals surface area contributed by atoms with Crippen molar-refractivity contribution < 1.29 is 33.5 Å². The van der Waals surface area contributed by atoms with Gasteiger partial charge in [-0.05, 0) is 343 Å². The summed E-state index contributed by atoms with van der Waals surface area (Å²) in [6.45, 7) is 17.1. The quantitative estimate of drug-likeness (QED) is 0.129. The molecule has 12 heteroatoms. The molecule has 25 rings (SSSR count). The van der Waals surface area contributed by atoms with E-state index >= 15 is 0 Å². The van der Waals surface area contributed by atoms with Crippen LogP contribution in [-0.2, 0) is 21.8 Å². The van der Waals surface area contributed by atoms with Gasteiger partial charge in [0.25, 0.3) is 0 Å². The van der Waals surface area contributed by atoms with Gasteiger partial charge in [-0.1, -0.05) is 128 Å². The van der Waals surface area contributed by atoms with Crippen LogP contribution in [0.3, 0.4) is 0 Å². The summed E-state index contributed by atoms with van der Waals surface area (Å²) in [6.07, 6.45) is 13.3. The number of rotatable bonds is 11. The number of hydrogen-bond acceptors (Lipinski definition) is 7. The Morgan fingerprint density at radius 2 is 0.539 bits per heavy atom. The van der Waals surface area contributed by atoms with E-state index in [9.17, 15) is 5.11 Å². The summed E-state index contributed by atoms with van der Waals surface area (Å²) >= 11 is 0. The van der Waals surface area contributed by atoms with Gasteiger partial charge in [0.1, 0.15) is 72.9 Å². The first-order chi connectivity index (χ1) is 62.3. The molecule has 5 aliphatic carbocycles. The second kappa shape index (κ2) is 35.7. The first-order valence-electron chi connectivity index (χ1n) is 45.2. The predicted molar refractivity (Wildman–Crippen MR) is 540 cm³/mol. The molecule has 128 heavy (non-hydrogen) atoms. The Balaban J connectivity index is 0.000000101. The van der Waals surface area contributed by atoms with Crippen molar-refractivity contribution in [3.05, 3.63) is 364 Å². The molecular weight excluding hydrogens is 1670 g/mol. The van der Waals surface area contributed by atoms with E-state index in [1.54, 1.807) is 12.1 Å². The smallest absolute Gasteiger partial charge is 0.209 e. The normalized spacial score (nSPS) is 18.2. The number of para-hydroxylation sites is 4. The topological polar surface area (TPSA) is 75.6 Å². The van der Waals surface area contributed by atoms with Crippen LogP contribution < -0.4 is 28.4 Å². The molecule has 4 bridgehead atoms. The molecule has 15 aromatic carbocycles. The molecule has 5 saturated carbocycles. The maximum Gasteiger partial charge on any atom is 0.209 e. The molecule has 0 atom stereocenters. The molecule has 3 aromatic heterocycles. The van der Waals surface area contributed by atoms with E-state index in [2.05, 4.69) is 334 Å². The summed E-state index contributed by atoms with van der Waals surface area (Å²) in [4.78, 5) is 11.4. The largest absolute Gasteiger partial charge is 0.508 e. The summed E-state index contributed by atoms with van der Waals surface area (Å²) in [7, 11) is -0.446. The van der Waals surface area contributed by atoms with Crippen molar-refractivity contribution in [3.63, 3.8) is 0 Å². The number of phenols is 1. The summed E-state index contributed by atoms with van der Waals surface area (Å²) in [5, 5.41) is 17.8. The molecule has 0 spiro atoms. The Morgan fingerprint density at radius 3 is 0.844 bits per heavy atom. The molecule has 0 saturated heterocycles. The van der Waals surface area contributed by atoms with Crippen LogP contribution in [0.2, 0.25) is 0 Å². The van der Waals surface area contributed by atoms with Gasteiger partial charge < -0.3 is 33.5 Å².